The summed E-state index contributed by atoms with van der Waals surface area (Å²) >= 11 is 0. The summed E-state index contributed by atoms with van der Waals surface area (Å²) in [5.74, 6) is 0.707. The summed E-state index contributed by atoms with van der Waals surface area (Å²) in [6.07, 6.45) is 0. The van der Waals surface area contributed by atoms with Crippen LogP contribution in [0.1, 0.15) is 52.8 Å². The Balaban J connectivity index is 0.860. The number of rotatable bonds is 6. The molecule has 0 N–H and O–H groups in total. The standard InChI is InChI=1S/C81H54N4/c1-49-77(50-22-8-4-9-23-50)82-79(83-78(49)51-24-10-5-11-25-51)54-36-39-60-57-30-17-20-34-68(57)81(71(60)44-54)69-35-21-18-32-59(69)62-46-66-64-43-53(38-41-74(64)85(76(66)48-72(62)81)56-28-14-7-15-29-56)52-37-40-73-63(42-52)65-45-61-58-31-16-19-33-67(58)80(2,3)70(61)47-75(65)84(73)55-26-12-6-13-27-55/h4-48H,1-3H3. The quantitative estimate of drug-likeness (QED) is 0.166. The van der Waals surface area contributed by atoms with E-state index in [1.165, 1.54) is 122 Å². The predicted molar refractivity (Wildman–Crippen MR) is 351 cm³/mol. The molecule has 1 unspecified atom stereocenters. The van der Waals surface area contributed by atoms with Crippen LogP contribution in [0.25, 0.3) is 133 Å². The molecule has 18 rings (SSSR count). The van der Waals surface area contributed by atoms with Crippen LogP contribution < -0.4 is 0 Å². The lowest BCUT2D eigenvalue weighted by atomic mass is 9.70. The predicted octanol–water partition coefficient (Wildman–Crippen LogP) is 20.3. The Kier molecular flexibility index (Phi) is 9.96. The van der Waals surface area contributed by atoms with Crippen LogP contribution in [0, 0.1) is 6.92 Å². The maximum absolute atomic E-state index is 5.47. The molecule has 0 radical (unpaired) electrons. The normalized spacial score (nSPS) is 14.9. The lowest BCUT2D eigenvalue weighted by Gasteiger charge is -2.31. The fraction of sp³-hybridized carbons (Fsp3) is 0.0617. The van der Waals surface area contributed by atoms with E-state index >= 15 is 0 Å². The average Bonchev–Trinajstić information content (AvgIpc) is 1.55. The van der Waals surface area contributed by atoms with E-state index in [1.807, 2.05) is 0 Å². The van der Waals surface area contributed by atoms with E-state index in [1.54, 1.807) is 0 Å². The van der Waals surface area contributed by atoms with E-state index in [9.17, 15) is 0 Å². The third-order valence-corrected chi connectivity index (χ3v) is 19.3. The smallest absolute Gasteiger partial charge is 0.160 e. The number of nitrogens with zero attached hydrogens (tertiary/aromatic N) is 4. The van der Waals surface area contributed by atoms with Crippen LogP contribution in [0.5, 0.6) is 0 Å². The second kappa shape index (κ2) is 17.7. The van der Waals surface area contributed by atoms with Gasteiger partial charge in [0.2, 0.25) is 0 Å². The van der Waals surface area contributed by atoms with Crippen molar-refractivity contribution >= 4 is 43.6 Å². The summed E-state index contributed by atoms with van der Waals surface area (Å²) in [6.45, 7) is 6.90. The molecular weight excluding hydrogens is 1030 g/mol. The molecule has 4 heteroatoms. The van der Waals surface area contributed by atoms with Gasteiger partial charge in [-0.3, -0.25) is 0 Å². The SMILES string of the molecule is Cc1c(-c2ccccc2)nc(-c2ccc3c(c2)C2(c4ccccc4-3)c3ccccc3-c3cc4c5cc(-c6ccc7c(c6)c6cc8c(cc6n7-c6ccccc6)C(C)(C)c6ccccc6-8)ccc5n(-c5ccccc5)c4cc32)nc1-c1ccccc1. The molecule has 3 aromatic heterocycles. The van der Waals surface area contributed by atoms with E-state index < -0.39 is 5.41 Å². The van der Waals surface area contributed by atoms with Gasteiger partial charge in [-0.05, 0) is 164 Å². The van der Waals surface area contributed by atoms with Gasteiger partial charge in [0, 0.05) is 60.6 Å². The van der Waals surface area contributed by atoms with Gasteiger partial charge < -0.3 is 9.13 Å². The number of hydrogen-bond acceptors (Lipinski definition) is 2. The second-order valence-electron chi connectivity index (χ2n) is 24.0. The Morgan fingerprint density at radius 2 is 0.671 bits per heavy atom. The lowest BCUT2D eigenvalue weighted by Crippen LogP contribution is -2.26. The van der Waals surface area contributed by atoms with Crippen molar-refractivity contribution in [3.8, 4) is 89.8 Å². The summed E-state index contributed by atoms with van der Waals surface area (Å²) in [4.78, 5) is 10.9. The number of para-hydroxylation sites is 2. The Labute approximate surface area is 493 Å². The van der Waals surface area contributed by atoms with Gasteiger partial charge in [0.05, 0.1) is 38.9 Å². The fourth-order valence-corrected chi connectivity index (χ4v) is 15.5. The Morgan fingerprint density at radius 1 is 0.282 bits per heavy atom. The van der Waals surface area contributed by atoms with Crippen LogP contribution in [0.4, 0.5) is 0 Å². The maximum Gasteiger partial charge on any atom is 0.160 e. The van der Waals surface area contributed by atoms with Crippen LogP contribution >= 0.6 is 0 Å². The van der Waals surface area contributed by atoms with E-state index in [2.05, 4.69) is 303 Å². The number of fused-ring (bicyclic) bond motifs is 19. The van der Waals surface area contributed by atoms with Gasteiger partial charge in [-0.25, -0.2) is 9.97 Å². The monoisotopic (exact) mass is 1080 g/mol. The molecule has 0 saturated heterocycles. The minimum atomic E-state index is -0.632. The zero-order valence-corrected chi connectivity index (χ0v) is 47.3. The van der Waals surface area contributed by atoms with Crippen molar-refractivity contribution in [3.05, 3.63) is 312 Å². The molecule has 3 aliphatic carbocycles. The summed E-state index contributed by atoms with van der Waals surface area (Å²) in [6, 6.07) is 101. The van der Waals surface area contributed by atoms with Crippen LogP contribution in [0.2, 0.25) is 0 Å². The van der Waals surface area contributed by atoms with E-state index in [0.717, 1.165) is 45.0 Å². The van der Waals surface area contributed by atoms with Gasteiger partial charge in [0.25, 0.3) is 0 Å². The Bertz CT molecular complexity index is 5260. The Morgan fingerprint density at radius 3 is 1.20 bits per heavy atom. The first-order chi connectivity index (χ1) is 41.8. The molecular formula is C81H54N4. The van der Waals surface area contributed by atoms with E-state index in [-0.39, 0.29) is 5.41 Å². The molecule has 3 aliphatic rings. The molecule has 0 amide bonds. The zero-order chi connectivity index (χ0) is 56.3. The number of hydrogen-bond donors (Lipinski definition) is 0. The first-order valence-electron chi connectivity index (χ1n) is 29.6. The van der Waals surface area contributed by atoms with E-state index in [0.29, 0.717) is 5.82 Å². The summed E-state index contributed by atoms with van der Waals surface area (Å²) in [5, 5.41) is 4.95. The molecule has 1 atom stereocenters. The first kappa shape index (κ1) is 47.9. The molecule has 1 spiro atoms. The van der Waals surface area contributed by atoms with Gasteiger partial charge in [-0.2, -0.15) is 0 Å². The third-order valence-electron chi connectivity index (χ3n) is 19.3. The molecule has 0 bridgehead atoms. The van der Waals surface area contributed by atoms with Crippen LogP contribution in [0.15, 0.2) is 273 Å². The summed E-state index contributed by atoms with van der Waals surface area (Å²) < 4.78 is 4.97. The van der Waals surface area contributed by atoms with Crippen molar-refractivity contribution in [2.45, 2.75) is 31.6 Å². The first-order valence-corrected chi connectivity index (χ1v) is 29.6. The molecule has 15 aromatic rings. The number of benzene rings is 12. The highest BCUT2D eigenvalue weighted by atomic mass is 15.0. The molecule has 398 valence electrons. The fourth-order valence-electron chi connectivity index (χ4n) is 15.5. The van der Waals surface area contributed by atoms with Crippen LogP contribution in [0.3, 0.4) is 0 Å². The second-order valence-corrected chi connectivity index (χ2v) is 24.0. The van der Waals surface area contributed by atoms with Crippen molar-refractivity contribution in [1.82, 2.24) is 19.1 Å². The van der Waals surface area contributed by atoms with Crippen molar-refractivity contribution in [3.63, 3.8) is 0 Å². The van der Waals surface area contributed by atoms with Crippen molar-refractivity contribution in [2.24, 2.45) is 0 Å². The minimum Gasteiger partial charge on any atom is -0.309 e. The molecule has 3 heterocycles. The minimum absolute atomic E-state index is 0.116. The summed E-state index contributed by atoms with van der Waals surface area (Å²) in [7, 11) is 0. The van der Waals surface area contributed by atoms with Crippen LogP contribution in [-0.2, 0) is 10.8 Å². The molecule has 4 nitrogen and oxygen atoms in total. The number of aromatic nitrogens is 4. The molecule has 12 aromatic carbocycles. The molecule has 0 aliphatic heterocycles. The average molecular weight is 1080 g/mol. The van der Waals surface area contributed by atoms with Gasteiger partial charge in [0.15, 0.2) is 5.82 Å². The highest BCUT2D eigenvalue weighted by Crippen LogP contribution is 2.64. The van der Waals surface area contributed by atoms with Crippen molar-refractivity contribution in [1.29, 1.82) is 0 Å². The van der Waals surface area contributed by atoms with Crippen molar-refractivity contribution < 1.29 is 0 Å². The van der Waals surface area contributed by atoms with Gasteiger partial charge in [0.1, 0.15) is 0 Å². The van der Waals surface area contributed by atoms with Gasteiger partial charge in [-0.1, -0.05) is 208 Å². The largest absolute Gasteiger partial charge is 0.309 e. The highest BCUT2D eigenvalue weighted by Gasteiger charge is 2.52. The highest BCUT2D eigenvalue weighted by molar-refractivity contribution is 6.15. The lowest BCUT2D eigenvalue weighted by molar-refractivity contribution is 0.661. The zero-order valence-electron chi connectivity index (χ0n) is 47.3. The molecule has 0 fully saturated rings. The van der Waals surface area contributed by atoms with Crippen molar-refractivity contribution in [2.75, 3.05) is 0 Å². The maximum atomic E-state index is 5.47. The molecule has 85 heavy (non-hydrogen) atoms. The molecule has 0 saturated carbocycles. The topological polar surface area (TPSA) is 35.6 Å². The van der Waals surface area contributed by atoms with E-state index in [4.69, 9.17) is 9.97 Å². The Hall–Kier alpha value is -10.7. The third kappa shape index (κ3) is 6.62. The van der Waals surface area contributed by atoms with Gasteiger partial charge in [-0.15, -0.1) is 0 Å². The van der Waals surface area contributed by atoms with Crippen LogP contribution in [-0.4, -0.2) is 19.1 Å². The summed E-state index contributed by atoms with van der Waals surface area (Å²) in [5.41, 5.74) is 30.3. The van der Waals surface area contributed by atoms with Gasteiger partial charge >= 0.3 is 0 Å².